The molecule has 6 heteroatoms. The third-order valence-corrected chi connectivity index (χ3v) is 5.09. The lowest BCUT2D eigenvalue weighted by Gasteiger charge is -2.27. The molecule has 0 radical (unpaired) electrons. The summed E-state index contributed by atoms with van der Waals surface area (Å²) in [7, 11) is 0. The van der Waals surface area contributed by atoms with Crippen LogP contribution >= 0.6 is 24.0 Å². The monoisotopic (exact) mass is 368 g/mol. The maximum Gasteiger partial charge on any atom is 0.267 e. The lowest BCUT2D eigenvalue weighted by molar-refractivity contribution is -0.310. The van der Waals surface area contributed by atoms with Crippen LogP contribution in [-0.2, 0) is 9.59 Å². The maximum absolute atomic E-state index is 12.8. The van der Waals surface area contributed by atoms with Crippen LogP contribution in [0.4, 0.5) is 0 Å². The Kier molecular flexibility index (Phi) is 5.01. The first kappa shape index (κ1) is 17.4. The molecule has 1 atom stereocenters. The number of carbonyl (C=O) groups is 2. The lowest BCUT2D eigenvalue weighted by atomic mass is 10.1. The van der Waals surface area contributed by atoms with Gasteiger partial charge in [0, 0.05) is 0 Å². The molecule has 0 aromatic heterocycles. The molecule has 1 fully saturated rings. The van der Waals surface area contributed by atoms with Gasteiger partial charge in [-0.2, -0.15) is 0 Å². The number of aliphatic carboxylic acids is 1. The number of rotatable bonds is 4. The van der Waals surface area contributed by atoms with E-state index in [9.17, 15) is 14.7 Å². The van der Waals surface area contributed by atoms with Crippen molar-refractivity contribution >= 4 is 46.3 Å². The molecular weight excluding hydrogens is 354 g/mol. The summed E-state index contributed by atoms with van der Waals surface area (Å²) in [4.78, 5) is 26.0. The number of thioether (sulfide) groups is 1. The molecule has 0 bridgehead atoms. The highest BCUT2D eigenvalue weighted by Gasteiger charge is 2.38. The number of carbonyl (C=O) groups excluding carboxylic acids is 2. The third-order valence-electron chi connectivity index (χ3n) is 3.76. The Hall–Kier alpha value is -2.44. The molecule has 4 nitrogen and oxygen atoms in total. The van der Waals surface area contributed by atoms with E-state index < -0.39 is 17.9 Å². The van der Waals surface area contributed by atoms with E-state index in [0.717, 1.165) is 27.8 Å². The number of carboxylic acids is 1. The lowest BCUT2D eigenvalue weighted by Crippen LogP contribution is -2.43. The molecule has 0 spiro atoms. The number of benzene rings is 2. The van der Waals surface area contributed by atoms with E-state index in [1.165, 1.54) is 0 Å². The predicted octanol–water partition coefficient (Wildman–Crippen LogP) is 2.69. The van der Waals surface area contributed by atoms with E-state index in [1.54, 1.807) is 36.4 Å². The molecule has 0 N–H and O–H groups in total. The minimum atomic E-state index is -1.36. The second-order valence-corrected chi connectivity index (χ2v) is 7.27. The molecule has 25 heavy (non-hydrogen) atoms. The Morgan fingerprint density at radius 1 is 1.20 bits per heavy atom. The van der Waals surface area contributed by atoms with E-state index >= 15 is 0 Å². The van der Waals surface area contributed by atoms with E-state index in [0.29, 0.717) is 10.5 Å². The summed E-state index contributed by atoms with van der Waals surface area (Å²) in [5, 5.41) is 11.7. The van der Waals surface area contributed by atoms with Gasteiger partial charge in [-0.1, -0.05) is 84.1 Å². The van der Waals surface area contributed by atoms with Crippen molar-refractivity contribution in [2.45, 2.75) is 13.0 Å². The van der Waals surface area contributed by atoms with Gasteiger partial charge in [-0.25, -0.2) is 0 Å². The number of aryl methyl sites for hydroxylation is 1. The van der Waals surface area contributed by atoms with Crippen LogP contribution in [0.1, 0.15) is 22.7 Å². The molecule has 1 saturated heterocycles. The fourth-order valence-electron chi connectivity index (χ4n) is 2.64. The Morgan fingerprint density at radius 3 is 2.56 bits per heavy atom. The van der Waals surface area contributed by atoms with Crippen LogP contribution in [0, 0.1) is 6.92 Å². The molecule has 0 aliphatic carbocycles. The highest BCUT2D eigenvalue weighted by atomic mass is 32.2. The van der Waals surface area contributed by atoms with Gasteiger partial charge in [0.15, 0.2) is 0 Å². The van der Waals surface area contributed by atoms with Crippen LogP contribution < -0.4 is 5.11 Å². The van der Waals surface area contributed by atoms with Crippen molar-refractivity contribution in [1.82, 2.24) is 4.90 Å². The van der Waals surface area contributed by atoms with Gasteiger partial charge >= 0.3 is 0 Å². The van der Waals surface area contributed by atoms with Gasteiger partial charge in [-0.05, 0) is 24.1 Å². The summed E-state index contributed by atoms with van der Waals surface area (Å²) in [6.07, 6.45) is 1.73. The largest absolute Gasteiger partial charge is 0.547 e. The van der Waals surface area contributed by atoms with E-state index in [4.69, 9.17) is 12.2 Å². The Bertz CT molecular complexity index is 877. The average molecular weight is 368 g/mol. The van der Waals surface area contributed by atoms with Gasteiger partial charge in [-0.3, -0.25) is 9.69 Å². The van der Waals surface area contributed by atoms with Crippen molar-refractivity contribution in [2.24, 2.45) is 0 Å². The van der Waals surface area contributed by atoms with Crippen molar-refractivity contribution in [3.63, 3.8) is 0 Å². The second kappa shape index (κ2) is 7.21. The standard InChI is InChI=1S/C19H15NO3S2/c1-12-6-5-7-13(10-12)11-15-17(21)20(19(24)25-15)16(18(22)23)14-8-3-2-4-9-14/h2-11,16H,1H3,(H,22,23)/p-1/b15-11-/t16-/m0/s1. The van der Waals surface area contributed by atoms with Gasteiger partial charge < -0.3 is 9.90 Å². The normalized spacial score (nSPS) is 17.2. The van der Waals surface area contributed by atoms with Gasteiger partial charge in [0.2, 0.25) is 0 Å². The Labute approximate surface area is 155 Å². The zero-order valence-corrected chi connectivity index (χ0v) is 15.0. The van der Waals surface area contributed by atoms with Crippen LogP contribution in [0.25, 0.3) is 6.08 Å². The highest BCUT2D eigenvalue weighted by molar-refractivity contribution is 8.26. The molecule has 1 aliphatic heterocycles. The van der Waals surface area contributed by atoms with Crippen molar-refractivity contribution in [2.75, 3.05) is 0 Å². The van der Waals surface area contributed by atoms with Crippen LogP contribution in [0.2, 0.25) is 0 Å². The third kappa shape index (κ3) is 3.65. The fraction of sp³-hybridized carbons (Fsp3) is 0.105. The van der Waals surface area contributed by atoms with Crippen LogP contribution in [0.3, 0.4) is 0 Å². The van der Waals surface area contributed by atoms with Crippen LogP contribution in [-0.4, -0.2) is 21.1 Å². The number of hydrogen-bond acceptors (Lipinski definition) is 5. The summed E-state index contributed by atoms with van der Waals surface area (Å²) in [5.74, 6) is -1.78. The first-order valence-electron chi connectivity index (χ1n) is 7.57. The van der Waals surface area contributed by atoms with Gasteiger partial charge in [0.1, 0.15) is 10.4 Å². The minimum absolute atomic E-state index is 0.210. The molecule has 1 heterocycles. The number of thiocarbonyl (C=S) groups is 1. The van der Waals surface area contributed by atoms with Crippen molar-refractivity contribution in [3.05, 3.63) is 76.2 Å². The molecule has 2 aromatic carbocycles. The first-order chi connectivity index (χ1) is 12.0. The smallest absolute Gasteiger partial charge is 0.267 e. The number of nitrogens with zero attached hydrogens (tertiary/aromatic N) is 1. The SMILES string of the molecule is Cc1cccc(/C=C2\SC(=S)N([C@H](C(=O)[O-])c3ccccc3)C2=O)c1. The molecule has 0 saturated carbocycles. The average Bonchev–Trinajstić information content (AvgIpc) is 2.84. The van der Waals surface area contributed by atoms with Gasteiger partial charge in [0.05, 0.1) is 10.9 Å². The van der Waals surface area contributed by atoms with Crippen LogP contribution in [0.15, 0.2) is 59.5 Å². The Balaban J connectivity index is 1.96. The quantitative estimate of drug-likeness (QED) is 0.613. The van der Waals surface area contributed by atoms with Crippen molar-refractivity contribution < 1.29 is 14.7 Å². The molecule has 3 rings (SSSR count). The number of hydrogen-bond donors (Lipinski definition) is 0. The molecule has 126 valence electrons. The molecule has 2 aromatic rings. The minimum Gasteiger partial charge on any atom is -0.547 e. The number of carboxylic acid groups (broad SMARTS) is 1. The molecule has 1 aliphatic rings. The van der Waals surface area contributed by atoms with Crippen molar-refractivity contribution in [1.29, 1.82) is 0 Å². The van der Waals surface area contributed by atoms with E-state index in [-0.39, 0.29) is 4.32 Å². The zero-order valence-electron chi connectivity index (χ0n) is 13.3. The molecular formula is C19H14NO3S2-. The molecule has 0 unspecified atom stereocenters. The summed E-state index contributed by atoms with van der Waals surface area (Å²) >= 11 is 6.37. The van der Waals surface area contributed by atoms with E-state index in [1.807, 2.05) is 31.2 Å². The van der Waals surface area contributed by atoms with Crippen LogP contribution in [0.5, 0.6) is 0 Å². The summed E-state index contributed by atoms with van der Waals surface area (Å²) in [5.41, 5.74) is 2.39. The van der Waals surface area contributed by atoms with Crippen molar-refractivity contribution in [3.8, 4) is 0 Å². The second-order valence-electron chi connectivity index (χ2n) is 5.60. The first-order valence-corrected chi connectivity index (χ1v) is 8.79. The topological polar surface area (TPSA) is 60.4 Å². The Morgan fingerprint density at radius 2 is 1.92 bits per heavy atom. The summed E-state index contributed by atoms with van der Waals surface area (Å²) in [6.45, 7) is 1.96. The summed E-state index contributed by atoms with van der Waals surface area (Å²) < 4.78 is 0.210. The summed E-state index contributed by atoms with van der Waals surface area (Å²) in [6, 6.07) is 14.9. The van der Waals surface area contributed by atoms with Gasteiger partial charge in [-0.15, -0.1) is 0 Å². The number of amides is 1. The van der Waals surface area contributed by atoms with Gasteiger partial charge in [0.25, 0.3) is 5.91 Å². The zero-order chi connectivity index (χ0) is 18.0. The maximum atomic E-state index is 12.8. The predicted molar refractivity (Wildman–Crippen MR) is 100 cm³/mol. The highest BCUT2D eigenvalue weighted by Crippen LogP contribution is 2.38. The molecule has 1 amide bonds. The fourth-order valence-corrected chi connectivity index (χ4v) is 3.95. The van der Waals surface area contributed by atoms with E-state index in [2.05, 4.69) is 0 Å².